The third-order valence-electron chi connectivity index (χ3n) is 4.90. The quantitative estimate of drug-likeness (QED) is 0.656. The number of carbonyl (C=O) groups is 1. The van der Waals surface area contributed by atoms with Crippen molar-refractivity contribution in [3.8, 4) is 6.07 Å². The highest BCUT2D eigenvalue weighted by molar-refractivity contribution is 6.03. The van der Waals surface area contributed by atoms with Gasteiger partial charge in [-0.3, -0.25) is 4.79 Å². The molecule has 0 radical (unpaired) electrons. The first-order chi connectivity index (χ1) is 14.3. The van der Waals surface area contributed by atoms with Crippen molar-refractivity contribution in [2.24, 2.45) is 0 Å². The lowest BCUT2D eigenvalue weighted by atomic mass is 9.97. The normalized spacial score (nSPS) is 18.1. The van der Waals surface area contributed by atoms with Gasteiger partial charge in [-0.2, -0.15) is 23.5 Å². The smallest absolute Gasteiger partial charge is 0.363 e. The first-order valence-electron chi connectivity index (χ1n) is 9.14. The summed E-state index contributed by atoms with van der Waals surface area (Å²) in [7, 11) is 0. The Morgan fingerprint density at radius 3 is 2.50 bits per heavy atom. The second-order valence-electron chi connectivity index (χ2n) is 6.90. The summed E-state index contributed by atoms with van der Waals surface area (Å²) >= 11 is 0. The second kappa shape index (κ2) is 7.55. The van der Waals surface area contributed by atoms with Crippen LogP contribution in [-0.4, -0.2) is 21.9 Å². The van der Waals surface area contributed by atoms with Crippen molar-refractivity contribution >= 4 is 17.4 Å². The molecular weight excluding hydrogens is 395 g/mol. The molecule has 3 aromatic rings. The Bertz CT molecular complexity index is 1100. The van der Waals surface area contributed by atoms with Gasteiger partial charge in [0.05, 0.1) is 17.7 Å². The average molecular weight is 411 g/mol. The number of hydrogen-bond donors (Lipinski definition) is 2. The van der Waals surface area contributed by atoms with E-state index in [1.807, 2.05) is 6.07 Å². The second-order valence-corrected chi connectivity index (χ2v) is 6.90. The fourth-order valence-electron chi connectivity index (χ4n) is 3.41. The van der Waals surface area contributed by atoms with Crippen LogP contribution in [0.25, 0.3) is 0 Å². The van der Waals surface area contributed by atoms with Gasteiger partial charge in [0.15, 0.2) is 11.7 Å². The summed E-state index contributed by atoms with van der Waals surface area (Å²) in [6.45, 7) is 0. The highest BCUT2D eigenvalue weighted by Crippen LogP contribution is 2.43. The summed E-state index contributed by atoms with van der Waals surface area (Å²) in [6, 6.07) is 15.8. The molecule has 30 heavy (non-hydrogen) atoms. The fraction of sp³-hybridized carbons (Fsp3) is 0.190. The third-order valence-corrected chi connectivity index (χ3v) is 4.90. The first-order valence-corrected chi connectivity index (χ1v) is 9.14. The number of nitrogens with one attached hydrogen (secondary N) is 2. The summed E-state index contributed by atoms with van der Waals surface area (Å²) in [6.07, 6.45) is -4.75. The van der Waals surface area contributed by atoms with Crippen molar-refractivity contribution < 1.29 is 18.0 Å². The van der Waals surface area contributed by atoms with Gasteiger partial charge in [0, 0.05) is 18.2 Å². The lowest BCUT2D eigenvalue weighted by Gasteiger charge is -2.33. The molecular formula is C21H16F3N5O. The standard InChI is InChI=1S/C21H16F3N5O/c22-21(23,24)18-10-16(14-4-2-1-3-5-14)27-19-11-17(28-29(18)19)20(30)26-15-8-6-13(12-25)7-9-15/h1-9,11,16,18,27H,10H2,(H,26,30)/t16-,18+/m0/s1. The van der Waals surface area contributed by atoms with E-state index in [2.05, 4.69) is 15.7 Å². The molecule has 4 rings (SSSR count). The largest absolute Gasteiger partial charge is 0.410 e. The van der Waals surface area contributed by atoms with Crippen LogP contribution in [0.5, 0.6) is 0 Å². The molecule has 1 aliphatic rings. The van der Waals surface area contributed by atoms with Crippen LogP contribution in [0.3, 0.4) is 0 Å². The number of halogens is 3. The molecule has 1 aromatic heterocycles. The van der Waals surface area contributed by atoms with Gasteiger partial charge in [-0.25, -0.2) is 4.68 Å². The fourth-order valence-corrected chi connectivity index (χ4v) is 3.41. The van der Waals surface area contributed by atoms with E-state index in [4.69, 9.17) is 5.26 Å². The maximum absolute atomic E-state index is 13.7. The van der Waals surface area contributed by atoms with Gasteiger partial charge < -0.3 is 10.6 Å². The van der Waals surface area contributed by atoms with Crippen LogP contribution in [-0.2, 0) is 0 Å². The number of nitriles is 1. The molecule has 9 heteroatoms. The Balaban J connectivity index is 1.62. The van der Waals surface area contributed by atoms with E-state index >= 15 is 0 Å². The number of anilines is 2. The summed E-state index contributed by atoms with van der Waals surface area (Å²) in [5.74, 6) is -0.511. The minimum Gasteiger partial charge on any atom is -0.363 e. The van der Waals surface area contributed by atoms with E-state index in [-0.39, 0.29) is 17.9 Å². The van der Waals surface area contributed by atoms with E-state index in [0.29, 0.717) is 11.3 Å². The van der Waals surface area contributed by atoms with Crippen LogP contribution < -0.4 is 10.6 Å². The SMILES string of the molecule is N#Cc1ccc(NC(=O)c2cc3n(n2)[C@@H](C(F)(F)F)C[C@@H](c2ccccc2)N3)cc1. The van der Waals surface area contributed by atoms with Gasteiger partial charge in [-0.05, 0) is 29.8 Å². The molecule has 2 aromatic carbocycles. The van der Waals surface area contributed by atoms with Crippen LogP contribution in [0, 0.1) is 11.3 Å². The number of alkyl halides is 3. The zero-order chi connectivity index (χ0) is 21.3. The number of amides is 1. The molecule has 0 bridgehead atoms. The number of hydrogen-bond acceptors (Lipinski definition) is 4. The Kier molecular flexibility index (Phi) is 4.91. The molecule has 6 nitrogen and oxygen atoms in total. The number of benzene rings is 2. The maximum atomic E-state index is 13.7. The number of carbonyl (C=O) groups excluding carboxylic acids is 1. The minimum atomic E-state index is -4.52. The minimum absolute atomic E-state index is 0.127. The Hall–Kier alpha value is -3.80. The zero-order valence-electron chi connectivity index (χ0n) is 15.5. The summed E-state index contributed by atoms with van der Waals surface area (Å²) in [5.41, 5.74) is 1.43. The summed E-state index contributed by atoms with van der Waals surface area (Å²) in [5, 5.41) is 18.4. The van der Waals surface area contributed by atoms with E-state index in [0.717, 1.165) is 10.2 Å². The van der Waals surface area contributed by atoms with Gasteiger partial charge >= 0.3 is 6.18 Å². The Labute approximate surface area is 169 Å². The molecule has 0 unspecified atom stereocenters. The van der Waals surface area contributed by atoms with Crippen LogP contribution >= 0.6 is 0 Å². The zero-order valence-corrected chi connectivity index (χ0v) is 15.5. The molecule has 0 saturated heterocycles. The van der Waals surface area contributed by atoms with Crippen LogP contribution in [0.15, 0.2) is 60.7 Å². The van der Waals surface area contributed by atoms with E-state index in [1.165, 1.54) is 30.3 Å². The van der Waals surface area contributed by atoms with Gasteiger partial charge in [0.1, 0.15) is 5.82 Å². The van der Waals surface area contributed by atoms with Gasteiger partial charge in [-0.15, -0.1) is 0 Å². The highest BCUT2D eigenvalue weighted by atomic mass is 19.4. The highest BCUT2D eigenvalue weighted by Gasteiger charge is 2.46. The molecule has 152 valence electrons. The number of aromatic nitrogens is 2. The van der Waals surface area contributed by atoms with Gasteiger partial charge in [0.2, 0.25) is 0 Å². The monoisotopic (exact) mass is 411 g/mol. The maximum Gasteiger partial charge on any atom is 0.410 e. The van der Waals surface area contributed by atoms with Crippen molar-refractivity contribution in [3.63, 3.8) is 0 Å². The third kappa shape index (κ3) is 3.85. The molecule has 0 spiro atoms. The predicted molar refractivity (Wildman–Crippen MR) is 104 cm³/mol. The molecule has 2 atom stereocenters. The van der Waals surface area contributed by atoms with E-state index in [1.54, 1.807) is 30.3 Å². The number of rotatable bonds is 3. The molecule has 0 fully saturated rings. The lowest BCUT2D eigenvalue weighted by molar-refractivity contribution is -0.173. The Morgan fingerprint density at radius 2 is 1.87 bits per heavy atom. The van der Waals surface area contributed by atoms with Crippen molar-refractivity contribution in [3.05, 3.63) is 77.5 Å². The number of nitrogens with zero attached hydrogens (tertiary/aromatic N) is 3. The van der Waals surface area contributed by atoms with Gasteiger partial charge in [-0.1, -0.05) is 30.3 Å². The summed E-state index contributed by atoms with van der Waals surface area (Å²) in [4.78, 5) is 12.5. The van der Waals surface area contributed by atoms with Crippen molar-refractivity contribution in [1.29, 1.82) is 5.26 Å². The van der Waals surface area contributed by atoms with Crippen LogP contribution in [0.4, 0.5) is 24.7 Å². The topological polar surface area (TPSA) is 82.7 Å². The summed E-state index contributed by atoms with van der Waals surface area (Å²) < 4.78 is 42.0. The van der Waals surface area contributed by atoms with Crippen molar-refractivity contribution in [2.45, 2.75) is 24.7 Å². The molecule has 1 amide bonds. The average Bonchev–Trinajstić information content (AvgIpc) is 3.18. The molecule has 0 saturated carbocycles. The molecule has 0 aliphatic carbocycles. The van der Waals surface area contributed by atoms with E-state index in [9.17, 15) is 18.0 Å². The van der Waals surface area contributed by atoms with Crippen molar-refractivity contribution in [2.75, 3.05) is 10.6 Å². The lowest BCUT2D eigenvalue weighted by Crippen LogP contribution is -2.35. The van der Waals surface area contributed by atoms with Crippen LogP contribution in [0.2, 0.25) is 0 Å². The molecule has 1 aliphatic heterocycles. The molecule has 2 heterocycles. The van der Waals surface area contributed by atoms with E-state index < -0.39 is 24.2 Å². The first kappa shape index (κ1) is 19.5. The number of fused-ring (bicyclic) bond motifs is 1. The van der Waals surface area contributed by atoms with Crippen molar-refractivity contribution in [1.82, 2.24) is 9.78 Å². The Morgan fingerprint density at radius 1 is 1.17 bits per heavy atom. The molecule has 2 N–H and O–H groups in total. The predicted octanol–water partition coefficient (Wildman–Crippen LogP) is 4.67. The van der Waals surface area contributed by atoms with Gasteiger partial charge in [0.25, 0.3) is 5.91 Å². The van der Waals surface area contributed by atoms with Crippen LogP contribution in [0.1, 0.15) is 40.1 Å².